The first kappa shape index (κ1) is 14.8. The first-order valence-corrected chi connectivity index (χ1v) is 8.04. The van der Waals surface area contributed by atoms with Crippen molar-refractivity contribution >= 4 is 5.91 Å². The lowest BCUT2D eigenvalue weighted by molar-refractivity contribution is -0.140. The number of nitrogens with zero attached hydrogens (tertiary/aromatic N) is 1. The Kier molecular flexibility index (Phi) is 4.88. The second-order valence-electron chi connectivity index (χ2n) is 7.12. The largest absolute Gasteiger partial charge is 0.338 e. The topological polar surface area (TPSA) is 32.3 Å². The average Bonchev–Trinajstić information content (AvgIpc) is 2.30. The van der Waals surface area contributed by atoms with Gasteiger partial charge in [-0.05, 0) is 43.9 Å². The van der Waals surface area contributed by atoms with Gasteiger partial charge in [-0.15, -0.1) is 0 Å². The van der Waals surface area contributed by atoms with Crippen LogP contribution in [0.3, 0.4) is 0 Å². The maximum Gasteiger partial charge on any atom is 0.239 e. The Morgan fingerprint density at radius 1 is 1.16 bits per heavy atom. The van der Waals surface area contributed by atoms with Crippen LogP contribution in [-0.4, -0.2) is 35.5 Å². The second kappa shape index (κ2) is 6.25. The van der Waals surface area contributed by atoms with Crippen LogP contribution in [0.2, 0.25) is 0 Å². The molecule has 0 aromatic heterocycles. The molecule has 3 unspecified atom stereocenters. The molecular formula is C16H30N2O. The number of hydrogen-bond acceptors (Lipinski definition) is 2. The maximum atomic E-state index is 12.6. The number of rotatable bonds is 3. The Balaban J connectivity index is 2.00. The molecule has 0 radical (unpaired) electrons. The molecule has 1 saturated carbocycles. The molecule has 1 N–H and O–H groups in total. The summed E-state index contributed by atoms with van der Waals surface area (Å²) in [7, 11) is 0. The molecule has 3 heteroatoms. The highest BCUT2D eigenvalue weighted by Gasteiger charge is 2.36. The van der Waals surface area contributed by atoms with Gasteiger partial charge in [0.1, 0.15) is 0 Å². The van der Waals surface area contributed by atoms with Crippen LogP contribution in [0.5, 0.6) is 0 Å². The summed E-state index contributed by atoms with van der Waals surface area (Å²) in [6.07, 6.45) is 5.88. The zero-order valence-electron chi connectivity index (χ0n) is 13.0. The monoisotopic (exact) mass is 266 g/mol. The molecule has 1 amide bonds. The second-order valence-corrected chi connectivity index (χ2v) is 7.12. The Hall–Kier alpha value is -0.570. The van der Waals surface area contributed by atoms with E-state index in [2.05, 4.69) is 37.9 Å². The third-order valence-electron chi connectivity index (χ3n) is 4.60. The van der Waals surface area contributed by atoms with E-state index in [1.807, 2.05) is 0 Å². The van der Waals surface area contributed by atoms with Crippen molar-refractivity contribution in [2.24, 2.45) is 11.8 Å². The molecule has 3 nitrogen and oxygen atoms in total. The summed E-state index contributed by atoms with van der Waals surface area (Å²) in [5.41, 5.74) is 0. The quantitative estimate of drug-likeness (QED) is 0.852. The molecule has 0 aromatic rings. The Labute approximate surface area is 118 Å². The number of amides is 1. The number of carbonyl (C=O) groups excluding carboxylic acids is 1. The van der Waals surface area contributed by atoms with Gasteiger partial charge in [0.15, 0.2) is 0 Å². The normalized spacial score (nSPS) is 36.9. The fourth-order valence-corrected chi connectivity index (χ4v) is 3.98. The molecule has 0 spiro atoms. The number of likely N-dealkylation sites (tertiary alicyclic amines) is 1. The summed E-state index contributed by atoms with van der Waals surface area (Å²) < 4.78 is 0. The molecule has 2 rings (SSSR count). The summed E-state index contributed by atoms with van der Waals surface area (Å²) in [6, 6.07) is 0.933. The first-order valence-electron chi connectivity index (χ1n) is 8.04. The lowest BCUT2D eigenvalue weighted by Crippen LogP contribution is -2.56. The van der Waals surface area contributed by atoms with Gasteiger partial charge < -0.3 is 10.2 Å². The summed E-state index contributed by atoms with van der Waals surface area (Å²) in [4.78, 5) is 14.8. The van der Waals surface area contributed by atoms with E-state index in [0.29, 0.717) is 18.0 Å². The summed E-state index contributed by atoms with van der Waals surface area (Å²) >= 11 is 0. The van der Waals surface area contributed by atoms with E-state index in [4.69, 9.17) is 0 Å². The van der Waals surface area contributed by atoms with E-state index in [1.54, 1.807) is 0 Å². The minimum atomic E-state index is 0.0567. The minimum absolute atomic E-state index is 0.0567. The van der Waals surface area contributed by atoms with Gasteiger partial charge in [0.2, 0.25) is 5.91 Å². The van der Waals surface area contributed by atoms with E-state index in [1.165, 1.54) is 19.3 Å². The van der Waals surface area contributed by atoms with Gasteiger partial charge in [0.25, 0.3) is 0 Å². The molecule has 2 fully saturated rings. The molecular weight excluding hydrogens is 236 g/mol. The van der Waals surface area contributed by atoms with Gasteiger partial charge in [0, 0.05) is 18.6 Å². The number of nitrogens with one attached hydrogen (secondary N) is 1. The SMILES string of the molecule is CC1CC(C)CC(N2CCCC(NC(C)C)C2=O)C1. The van der Waals surface area contributed by atoms with Crippen molar-refractivity contribution in [3.63, 3.8) is 0 Å². The highest BCUT2D eigenvalue weighted by Crippen LogP contribution is 2.33. The predicted octanol–water partition coefficient (Wildman–Crippen LogP) is 2.80. The van der Waals surface area contributed by atoms with E-state index in [9.17, 15) is 4.79 Å². The van der Waals surface area contributed by atoms with Crippen LogP contribution in [0.15, 0.2) is 0 Å². The van der Waals surface area contributed by atoms with Gasteiger partial charge in [-0.3, -0.25) is 4.79 Å². The van der Waals surface area contributed by atoms with Crippen LogP contribution < -0.4 is 5.32 Å². The minimum Gasteiger partial charge on any atom is -0.338 e. The molecule has 1 aliphatic heterocycles. The van der Waals surface area contributed by atoms with Crippen molar-refractivity contribution in [3.8, 4) is 0 Å². The summed E-state index contributed by atoms with van der Waals surface area (Å²) in [6.45, 7) is 9.88. The molecule has 19 heavy (non-hydrogen) atoms. The van der Waals surface area contributed by atoms with E-state index in [-0.39, 0.29) is 6.04 Å². The molecule has 1 saturated heterocycles. The van der Waals surface area contributed by atoms with Gasteiger partial charge in [0.05, 0.1) is 6.04 Å². The van der Waals surface area contributed by atoms with Crippen LogP contribution in [-0.2, 0) is 4.79 Å². The third kappa shape index (κ3) is 3.71. The third-order valence-corrected chi connectivity index (χ3v) is 4.60. The van der Waals surface area contributed by atoms with Crippen molar-refractivity contribution in [1.29, 1.82) is 0 Å². The lowest BCUT2D eigenvalue weighted by atomic mass is 9.79. The lowest BCUT2D eigenvalue weighted by Gasteiger charge is -2.43. The molecule has 2 aliphatic rings. The van der Waals surface area contributed by atoms with Gasteiger partial charge in [-0.25, -0.2) is 0 Å². The fraction of sp³-hybridized carbons (Fsp3) is 0.938. The highest BCUT2D eigenvalue weighted by atomic mass is 16.2. The predicted molar refractivity (Wildman–Crippen MR) is 79.0 cm³/mol. The van der Waals surface area contributed by atoms with E-state index < -0.39 is 0 Å². The number of piperidine rings is 1. The number of carbonyl (C=O) groups is 1. The Morgan fingerprint density at radius 3 is 2.37 bits per heavy atom. The molecule has 1 heterocycles. The van der Waals surface area contributed by atoms with Gasteiger partial charge >= 0.3 is 0 Å². The smallest absolute Gasteiger partial charge is 0.239 e. The van der Waals surface area contributed by atoms with Crippen molar-refractivity contribution in [3.05, 3.63) is 0 Å². The van der Waals surface area contributed by atoms with E-state index in [0.717, 1.165) is 31.2 Å². The zero-order chi connectivity index (χ0) is 14.0. The van der Waals surface area contributed by atoms with Crippen LogP contribution in [0.1, 0.15) is 59.8 Å². The maximum absolute atomic E-state index is 12.6. The van der Waals surface area contributed by atoms with Crippen LogP contribution in [0.4, 0.5) is 0 Å². The standard InChI is InChI=1S/C16H30N2O/c1-11(2)17-15-6-5-7-18(16(15)19)14-9-12(3)8-13(4)10-14/h11-15,17H,5-10H2,1-4H3. The van der Waals surface area contributed by atoms with Crippen LogP contribution in [0, 0.1) is 11.8 Å². The Bertz CT molecular complexity index is 306. The van der Waals surface area contributed by atoms with Crippen LogP contribution >= 0.6 is 0 Å². The van der Waals surface area contributed by atoms with Crippen molar-refractivity contribution in [2.75, 3.05) is 6.54 Å². The first-order chi connectivity index (χ1) is 8.97. The van der Waals surface area contributed by atoms with E-state index >= 15 is 0 Å². The molecule has 3 atom stereocenters. The van der Waals surface area contributed by atoms with Crippen molar-refractivity contribution < 1.29 is 4.79 Å². The molecule has 110 valence electrons. The average molecular weight is 266 g/mol. The van der Waals surface area contributed by atoms with Crippen molar-refractivity contribution in [2.45, 2.75) is 77.9 Å². The van der Waals surface area contributed by atoms with Crippen LogP contribution in [0.25, 0.3) is 0 Å². The molecule has 0 bridgehead atoms. The highest BCUT2D eigenvalue weighted by molar-refractivity contribution is 5.83. The van der Waals surface area contributed by atoms with Gasteiger partial charge in [-0.2, -0.15) is 0 Å². The van der Waals surface area contributed by atoms with Crippen molar-refractivity contribution in [1.82, 2.24) is 10.2 Å². The fourth-order valence-electron chi connectivity index (χ4n) is 3.98. The molecule has 0 aromatic carbocycles. The number of hydrogen-bond donors (Lipinski definition) is 1. The zero-order valence-corrected chi connectivity index (χ0v) is 13.0. The van der Waals surface area contributed by atoms with Gasteiger partial charge in [-0.1, -0.05) is 27.7 Å². The summed E-state index contributed by atoms with van der Waals surface area (Å²) in [5, 5.41) is 3.43. The Morgan fingerprint density at radius 2 is 1.79 bits per heavy atom. The summed E-state index contributed by atoms with van der Waals surface area (Å²) in [5.74, 6) is 1.88. The molecule has 1 aliphatic carbocycles.